The number of benzene rings is 2. The number of ether oxygens (including phenoxy) is 1. The molecular formula is C15H15F2NO3S. The zero-order valence-corrected chi connectivity index (χ0v) is 12.8. The Bertz CT molecular complexity index is 761. The largest absolute Gasteiger partial charge is 0.497 e. The second-order valence-electron chi connectivity index (χ2n) is 4.69. The maximum Gasteiger partial charge on any atom is 0.241 e. The average molecular weight is 327 g/mol. The lowest BCUT2D eigenvalue weighted by atomic mass is 10.1. The van der Waals surface area contributed by atoms with Gasteiger partial charge in [-0.15, -0.1) is 0 Å². The molecule has 0 saturated heterocycles. The van der Waals surface area contributed by atoms with Crippen molar-refractivity contribution in [1.29, 1.82) is 0 Å². The maximum atomic E-state index is 13.2. The predicted octanol–water partition coefficient (Wildman–Crippen LogP) is 3.01. The van der Waals surface area contributed by atoms with Crippen LogP contribution in [0.1, 0.15) is 18.5 Å². The van der Waals surface area contributed by atoms with Gasteiger partial charge >= 0.3 is 0 Å². The van der Waals surface area contributed by atoms with E-state index in [-0.39, 0.29) is 4.90 Å². The first-order chi connectivity index (χ1) is 10.3. The molecule has 2 aromatic rings. The molecule has 2 rings (SSSR count). The van der Waals surface area contributed by atoms with E-state index in [0.29, 0.717) is 11.3 Å². The molecule has 2 aromatic carbocycles. The molecule has 4 nitrogen and oxygen atoms in total. The van der Waals surface area contributed by atoms with E-state index < -0.39 is 27.7 Å². The van der Waals surface area contributed by atoms with Crippen molar-refractivity contribution in [2.24, 2.45) is 0 Å². The third-order valence-corrected chi connectivity index (χ3v) is 4.70. The second kappa shape index (κ2) is 6.41. The summed E-state index contributed by atoms with van der Waals surface area (Å²) in [5, 5.41) is 0. The van der Waals surface area contributed by atoms with Gasteiger partial charge in [-0.2, -0.15) is 0 Å². The first kappa shape index (κ1) is 16.4. The molecule has 0 aliphatic heterocycles. The molecule has 1 N–H and O–H groups in total. The van der Waals surface area contributed by atoms with Gasteiger partial charge in [0.1, 0.15) is 5.75 Å². The first-order valence-corrected chi connectivity index (χ1v) is 7.93. The quantitative estimate of drug-likeness (QED) is 0.918. The lowest BCUT2D eigenvalue weighted by Crippen LogP contribution is -2.27. The minimum Gasteiger partial charge on any atom is -0.497 e. The Morgan fingerprint density at radius 1 is 1.05 bits per heavy atom. The molecule has 118 valence electrons. The molecule has 0 aromatic heterocycles. The molecule has 22 heavy (non-hydrogen) atoms. The average Bonchev–Trinajstić information content (AvgIpc) is 2.49. The number of rotatable bonds is 5. The summed E-state index contributed by atoms with van der Waals surface area (Å²) in [6.45, 7) is 1.55. The molecule has 0 spiro atoms. The van der Waals surface area contributed by atoms with Crippen LogP contribution in [0.4, 0.5) is 8.78 Å². The molecule has 0 aliphatic rings. The van der Waals surface area contributed by atoms with Gasteiger partial charge in [0, 0.05) is 6.04 Å². The SMILES string of the molecule is COc1ccc(S(=O)(=O)N[C@H](C)c2ccc(F)c(F)c2)cc1. The molecule has 0 unspecified atom stereocenters. The number of nitrogens with one attached hydrogen (secondary N) is 1. The summed E-state index contributed by atoms with van der Waals surface area (Å²) in [6.07, 6.45) is 0. The van der Waals surface area contributed by atoms with E-state index >= 15 is 0 Å². The zero-order chi connectivity index (χ0) is 16.3. The fraction of sp³-hybridized carbons (Fsp3) is 0.200. The molecule has 0 heterocycles. The maximum absolute atomic E-state index is 13.2. The molecule has 0 saturated carbocycles. The number of hydrogen-bond donors (Lipinski definition) is 1. The number of methoxy groups -OCH3 is 1. The molecule has 1 atom stereocenters. The van der Waals surface area contributed by atoms with Crippen molar-refractivity contribution in [3.63, 3.8) is 0 Å². The molecule has 0 bridgehead atoms. The van der Waals surface area contributed by atoms with E-state index in [9.17, 15) is 17.2 Å². The Labute approximate surface area is 127 Å². The summed E-state index contributed by atoms with van der Waals surface area (Å²) in [4.78, 5) is 0.0581. The van der Waals surface area contributed by atoms with Crippen LogP contribution in [0.5, 0.6) is 5.75 Å². The van der Waals surface area contributed by atoms with Crippen molar-refractivity contribution < 1.29 is 21.9 Å². The molecule has 0 fully saturated rings. The van der Waals surface area contributed by atoms with Crippen LogP contribution < -0.4 is 9.46 Å². The van der Waals surface area contributed by atoms with Crippen LogP contribution in [0.25, 0.3) is 0 Å². The lowest BCUT2D eigenvalue weighted by molar-refractivity contribution is 0.414. The van der Waals surface area contributed by atoms with E-state index in [0.717, 1.165) is 12.1 Å². The summed E-state index contributed by atoms with van der Waals surface area (Å²) in [7, 11) is -2.30. The van der Waals surface area contributed by atoms with Gasteiger partial charge in [0.15, 0.2) is 11.6 Å². The van der Waals surface area contributed by atoms with E-state index in [1.165, 1.54) is 37.4 Å². The first-order valence-electron chi connectivity index (χ1n) is 6.45. The van der Waals surface area contributed by atoms with Crippen LogP contribution in [0, 0.1) is 11.6 Å². The van der Waals surface area contributed by atoms with E-state index in [1.54, 1.807) is 6.92 Å². The van der Waals surface area contributed by atoms with Crippen LogP contribution in [0.3, 0.4) is 0 Å². The third kappa shape index (κ3) is 3.61. The van der Waals surface area contributed by atoms with Gasteiger partial charge < -0.3 is 4.74 Å². The normalized spacial score (nSPS) is 12.9. The van der Waals surface area contributed by atoms with Crippen LogP contribution in [-0.2, 0) is 10.0 Å². The molecule has 0 aliphatic carbocycles. The summed E-state index contributed by atoms with van der Waals surface area (Å²) in [6, 6.07) is 8.41. The number of hydrogen-bond acceptors (Lipinski definition) is 3. The van der Waals surface area contributed by atoms with Crippen LogP contribution in [0.2, 0.25) is 0 Å². The second-order valence-corrected chi connectivity index (χ2v) is 6.41. The fourth-order valence-corrected chi connectivity index (χ4v) is 3.14. The predicted molar refractivity (Wildman–Crippen MR) is 78.1 cm³/mol. The van der Waals surface area contributed by atoms with Crippen LogP contribution in [-0.4, -0.2) is 15.5 Å². The Balaban J connectivity index is 2.21. The van der Waals surface area contributed by atoms with Crippen molar-refractivity contribution >= 4 is 10.0 Å². The minimum absolute atomic E-state index is 0.0581. The third-order valence-electron chi connectivity index (χ3n) is 3.15. The highest BCUT2D eigenvalue weighted by Crippen LogP contribution is 2.20. The van der Waals surface area contributed by atoms with Crippen LogP contribution >= 0.6 is 0 Å². The van der Waals surface area contributed by atoms with Gasteiger partial charge in [-0.25, -0.2) is 21.9 Å². The topological polar surface area (TPSA) is 55.4 Å². The minimum atomic E-state index is -3.78. The lowest BCUT2D eigenvalue weighted by Gasteiger charge is -2.15. The van der Waals surface area contributed by atoms with Gasteiger partial charge in [-0.05, 0) is 48.9 Å². The monoisotopic (exact) mass is 327 g/mol. The zero-order valence-electron chi connectivity index (χ0n) is 12.0. The summed E-state index contributed by atoms with van der Waals surface area (Å²) in [5.41, 5.74) is 0.330. The number of halogens is 2. The van der Waals surface area contributed by atoms with Crippen LogP contribution in [0.15, 0.2) is 47.4 Å². The highest BCUT2D eigenvalue weighted by molar-refractivity contribution is 7.89. The molecular weight excluding hydrogens is 312 g/mol. The van der Waals surface area contributed by atoms with Crippen molar-refractivity contribution in [2.75, 3.05) is 7.11 Å². The van der Waals surface area contributed by atoms with Gasteiger partial charge in [-0.3, -0.25) is 0 Å². The highest BCUT2D eigenvalue weighted by atomic mass is 32.2. The van der Waals surface area contributed by atoms with Crippen molar-refractivity contribution in [3.05, 3.63) is 59.7 Å². The Kier molecular flexibility index (Phi) is 4.77. The Hall–Kier alpha value is -1.99. The van der Waals surface area contributed by atoms with Gasteiger partial charge in [0.25, 0.3) is 0 Å². The molecule has 7 heteroatoms. The van der Waals surface area contributed by atoms with Gasteiger partial charge in [0.2, 0.25) is 10.0 Å². The number of sulfonamides is 1. The van der Waals surface area contributed by atoms with Gasteiger partial charge in [-0.1, -0.05) is 6.07 Å². The Morgan fingerprint density at radius 3 is 2.23 bits per heavy atom. The summed E-state index contributed by atoms with van der Waals surface area (Å²) < 4.78 is 58.0. The van der Waals surface area contributed by atoms with Crippen molar-refractivity contribution in [1.82, 2.24) is 4.72 Å². The summed E-state index contributed by atoms with van der Waals surface area (Å²) >= 11 is 0. The molecule has 0 amide bonds. The van der Waals surface area contributed by atoms with E-state index in [4.69, 9.17) is 4.74 Å². The highest BCUT2D eigenvalue weighted by Gasteiger charge is 2.19. The van der Waals surface area contributed by atoms with Crippen molar-refractivity contribution in [2.45, 2.75) is 17.9 Å². The van der Waals surface area contributed by atoms with E-state index in [1.807, 2.05) is 0 Å². The smallest absolute Gasteiger partial charge is 0.241 e. The van der Waals surface area contributed by atoms with Gasteiger partial charge in [0.05, 0.1) is 12.0 Å². The van der Waals surface area contributed by atoms with E-state index in [2.05, 4.69) is 4.72 Å². The summed E-state index contributed by atoms with van der Waals surface area (Å²) in [5.74, 6) is -1.46. The Morgan fingerprint density at radius 2 is 1.68 bits per heavy atom. The van der Waals surface area contributed by atoms with Crippen molar-refractivity contribution in [3.8, 4) is 5.75 Å². The molecule has 0 radical (unpaired) electrons. The fourth-order valence-electron chi connectivity index (χ4n) is 1.91. The standard InChI is InChI=1S/C15H15F2NO3S/c1-10(11-3-8-14(16)15(17)9-11)18-22(19,20)13-6-4-12(21-2)5-7-13/h3-10,18H,1-2H3/t10-/m1/s1.